The monoisotopic (exact) mass is 275 g/mol. The molecule has 0 aliphatic rings. The molecule has 1 atom stereocenters. The summed E-state index contributed by atoms with van der Waals surface area (Å²) in [6, 6.07) is -1.72. The molecule has 0 aromatic carbocycles. The Balaban J connectivity index is 4.40. The summed E-state index contributed by atoms with van der Waals surface area (Å²) >= 11 is 0. The van der Waals surface area contributed by atoms with Crippen LogP contribution in [-0.4, -0.2) is 48.3 Å². The zero-order chi connectivity index (χ0) is 15.1. The highest BCUT2D eigenvalue weighted by Gasteiger charge is 2.25. The predicted octanol–water partition coefficient (Wildman–Crippen LogP) is -0.571. The molecular formula is C11H21N3O5. The van der Waals surface area contributed by atoms with Crippen molar-refractivity contribution in [2.45, 2.75) is 38.3 Å². The lowest BCUT2D eigenvalue weighted by Crippen LogP contribution is -2.54. The number of urea groups is 1. The molecule has 110 valence electrons. The first-order valence-corrected chi connectivity index (χ1v) is 5.76. The van der Waals surface area contributed by atoms with Gasteiger partial charge in [-0.25, -0.2) is 9.59 Å². The summed E-state index contributed by atoms with van der Waals surface area (Å²) in [6.45, 7) is 3.44. The van der Waals surface area contributed by atoms with Crippen LogP contribution in [0.3, 0.4) is 0 Å². The standard InChI is InChI=1S/C11H21N3O5/c1-11(2,6-8(12)15)14-10(18)13-7(9(16)17)4-5-19-3/h7H,4-6H2,1-3H3,(H2,12,15)(H,16,17)(H2,13,14,18). The minimum absolute atomic E-state index is 0.0454. The topological polar surface area (TPSA) is 131 Å². The highest BCUT2D eigenvalue weighted by molar-refractivity contribution is 5.83. The van der Waals surface area contributed by atoms with Crippen molar-refractivity contribution < 1.29 is 24.2 Å². The van der Waals surface area contributed by atoms with Crippen molar-refractivity contribution in [3.05, 3.63) is 0 Å². The molecule has 0 aliphatic heterocycles. The number of carboxylic acid groups (broad SMARTS) is 1. The van der Waals surface area contributed by atoms with Gasteiger partial charge in [0.2, 0.25) is 5.91 Å². The predicted molar refractivity (Wildman–Crippen MR) is 67.5 cm³/mol. The molecule has 0 saturated heterocycles. The van der Waals surface area contributed by atoms with Gasteiger partial charge in [-0.05, 0) is 13.8 Å². The second kappa shape index (κ2) is 7.57. The second-order valence-electron chi connectivity index (χ2n) is 4.80. The molecule has 0 rings (SSSR count). The number of carboxylic acids is 1. The maximum atomic E-state index is 11.6. The highest BCUT2D eigenvalue weighted by Crippen LogP contribution is 2.07. The first kappa shape index (κ1) is 17.2. The van der Waals surface area contributed by atoms with Gasteiger partial charge in [0.1, 0.15) is 6.04 Å². The largest absolute Gasteiger partial charge is 0.480 e. The minimum Gasteiger partial charge on any atom is -0.480 e. The Bertz CT molecular complexity index is 343. The smallest absolute Gasteiger partial charge is 0.326 e. The number of hydrogen-bond acceptors (Lipinski definition) is 4. The van der Waals surface area contributed by atoms with E-state index >= 15 is 0 Å². The Labute approximate surface area is 111 Å². The van der Waals surface area contributed by atoms with Crippen molar-refractivity contribution in [1.29, 1.82) is 0 Å². The van der Waals surface area contributed by atoms with Crippen molar-refractivity contribution in [3.8, 4) is 0 Å². The Morgan fingerprint density at radius 1 is 1.37 bits per heavy atom. The van der Waals surface area contributed by atoms with Crippen molar-refractivity contribution >= 4 is 17.9 Å². The van der Waals surface area contributed by atoms with Gasteiger partial charge in [0.25, 0.3) is 0 Å². The first-order chi connectivity index (χ1) is 8.68. The average molecular weight is 275 g/mol. The molecule has 0 saturated carbocycles. The van der Waals surface area contributed by atoms with E-state index in [0.29, 0.717) is 0 Å². The number of nitrogens with two attached hydrogens (primary N) is 1. The SMILES string of the molecule is COCCC(NC(=O)NC(C)(C)CC(N)=O)C(=O)O. The molecule has 8 nitrogen and oxygen atoms in total. The number of hydrogen-bond donors (Lipinski definition) is 4. The van der Waals surface area contributed by atoms with E-state index in [0.717, 1.165) is 0 Å². The van der Waals surface area contributed by atoms with E-state index in [-0.39, 0.29) is 19.4 Å². The van der Waals surface area contributed by atoms with Crippen molar-refractivity contribution in [1.82, 2.24) is 10.6 Å². The van der Waals surface area contributed by atoms with Crippen LogP contribution in [0.25, 0.3) is 0 Å². The van der Waals surface area contributed by atoms with E-state index in [2.05, 4.69) is 10.6 Å². The molecule has 0 bridgehead atoms. The number of ether oxygens (including phenoxy) is 1. The van der Waals surface area contributed by atoms with E-state index in [1.54, 1.807) is 13.8 Å². The molecule has 3 amide bonds. The van der Waals surface area contributed by atoms with Crippen LogP contribution in [0.2, 0.25) is 0 Å². The van der Waals surface area contributed by atoms with Crippen LogP contribution in [0, 0.1) is 0 Å². The number of carbonyl (C=O) groups excluding carboxylic acids is 2. The van der Waals surface area contributed by atoms with Crippen LogP contribution in [0.5, 0.6) is 0 Å². The highest BCUT2D eigenvalue weighted by atomic mass is 16.5. The number of aliphatic carboxylic acids is 1. The number of amides is 3. The van der Waals surface area contributed by atoms with Crippen LogP contribution in [0.4, 0.5) is 4.79 Å². The molecule has 19 heavy (non-hydrogen) atoms. The lowest BCUT2D eigenvalue weighted by atomic mass is 10.0. The van der Waals surface area contributed by atoms with Gasteiger partial charge in [-0.3, -0.25) is 4.79 Å². The van der Waals surface area contributed by atoms with E-state index in [4.69, 9.17) is 15.6 Å². The van der Waals surface area contributed by atoms with Gasteiger partial charge < -0.3 is 26.2 Å². The van der Waals surface area contributed by atoms with Crippen LogP contribution in [-0.2, 0) is 14.3 Å². The quantitative estimate of drug-likeness (QED) is 0.471. The van der Waals surface area contributed by atoms with Crippen molar-refractivity contribution in [3.63, 3.8) is 0 Å². The summed E-state index contributed by atoms with van der Waals surface area (Å²) in [5, 5.41) is 13.7. The van der Waals surface area contributed by atoms with E-state index in [9.17, 15) is 14.4 Å². The zero-order valence-corrected chi connectivity index (χ0v) is 11.4. The third-order valence-corrected chi connectivity index (χ3v) is 2.28. The normalized spacial score (nSPS) is 12.6. The van der Waals surface area contributed by atoms with Gasteiger partial charge in [0.05, 0.1) is 0 Å². The Morgan fingerprint density at radius 2 is 1.95 bits per heavy atom. The Kier molecular flexibility index (Phi) is 6.84. The average Bonchev–Trinajstić information content (AvgIpc) is 2.20. The van der Waals surface area contributed by atoms with Crippen molar-refractivity contribution in [2.75, 3.05) is 13.7 Å². The lowest BCUT2D eigenvalue weighted by molar-refractivity contribution is -0.139. The first-order valence-electron chi connectivity index (χ1n) is 5.76. The molecule has 0 spiro atoms. The third kappa shape index (κ3) is 7.98. The lowest BCUT2D eigenvalue weighted by Gasteiger charge is -2.26. The molecular weight excluding hydrogens is 254 g/mol. The molecule has 0 radical (unpaired) electrons. The summed E-state index contributed by atoms with van der Waals surface area (Å²) in [6.07, 6.45) is 0.103. The summed E-state index contributed by atoms with van der Waals surface area (Å²) in [5.41, 5.74) is 4.20. The Morgan fingerprint density at radius 3 is 2.37 bits per heavy atom. The molecule has 0 heterocycles. The summed E-state index contributed by atoms with van der Waals surface area (Å²) in [5.74, 6) is -1.71. The summed E-state index contributed by atoms with van der Waals surface area (Å²) < 4.78 is 4.76. The fourth-order valence-electron chi connectivity index (χ4n) is 1.47. The molecule has 1 unspecified atom stereocenters. The number of rotatable bonds is 8. The van der Waals surface area contributed by atoms with Gasteiger partial charge in [-0.2, -0.15) is 0 Å². The Hall–Kier alpha value is -1.83. The molecule has 0 aliphatic carbocycles. The maximum Gasteiger partial charge on any atom is 0.326 e. The fraction of sp³-hybridized carbons (Fsp3) is 0.727. The maximum absolute atomic E-state index is 11.6. The second-order valence-corrected chi connectivity index (χ2v) is 4.80. The summed E-state index contributed by atoms with van der Waals surface area (Å²) in [7, 11) is 1.44. The number of nitrogens with one attached hydrogen (secondary N) is 2. The van der Waals surface area contributed by atoms with Crippen LogP contribution < -0.4 is 16.4 Å². The third-order valence-electron chi connectivity index (χ3n) is 2.28. The van der Waals surface area contributed by atoms with Gasteiger partial charge in [0.15, 0.2) is 0 Å². The van der Waals surface area contributed by atoms with Crippen LogP contribution in [0.15, 0.2) is 0 Å². The molecule has 0 aromatic rings. The van der Waals surface area contributed by atoms with Gasteiger partial charge in [-0.15, -0.1) is 0 Å². The number of carbonyl (C=O) groups is 3. The zero-order valence-electron chi connectivity index (χ0n) is 11.4. The van der Waals surface area contributed by atoms with Crippen LogP contribution >= 0.6 is 0 Å². The molecule has 0 aromatic heterocycles. The van der Waals surface area contributed by atoms with Crippen LogP contribution in [0.1, 0.15) is 26.7 Å². The minimum atomic E-state index is -1.15. The molecule has 0 fully saturated rings. The molecule has 5 N–H and O–H groups in total. The number of methoxy groups -OCH3 is 1. The summed E-state index contributed by atoms with van der Waals surface area (Å²) in [4.78, 5) is 33.4. The fourth-order valence-corrected chi connectivity index (χ4v) is 1.47. The van der Waals surface area contributed by atoms with Gasteiger partial charge >= 0.3 is 12.0 Å². The molecule has 8 heteroatoms. The van der Waals surface area contributed by atoms with E-state index in [1.165, 1.54) is 7.11 Å². The van der Waals surface area contributed by atoms with Gasteiger partial charge in [-0.1, -0.05) is 0 Å². The van der Waals surface area contributed by atoms with Gasteiger partial charge in [0, 0.05) is 32.1 Å². The van der Waals surface area contributed by atoms with E-state index < -0.39 is 29.5 Å². The number of primary amides is 1. The van der Waals surface area contributed by atoms with E-state index in [1.807, 2.05) is 0 Å². The van der Waals surface area contributed by atoms with Crippen molar-refractivity contribution in [2.24, 2.45) is 5.73 Å².